The molecule has 21 heavy (non-hydrogen) atoms. The molecule has 1 aromatic rings. The van der Waals surface area contributed by atoms with E-state index < -0.39 is 5.38 Å². The molecule has 1 aliphatic heterocycles. The molecule has 0 radical (unpaired) electrons. The summed E-state index contributed by atoms with van der Waals surface area (Å²) in [6, 6.07) is 5.64. The average molecular weight is 329 g/mol. The number of piperidine rings is 1. The second-order valence-electron chi connectivity index (χ2n) is 6.12. The molecule has 1 amide bonds. The van der Waals surface area contributed by atoms with Gasteiger partial charge in [-0.3, -0.25) is 4.79 Å². The van der Waals surface area contributed by atoms with E-state index in [0.29, 0.717) is 22.5 Å². The fourth-order valence-electron chi connectivity index (χ4n) is 2.94. The van der Waals surface area contributed by atoms with Crippen molar-refractivity contribution in [2.24, 2.45) is 11.8 Å². The van der Waals surface area contributed by atoms with Crippen molar-refractivity contribution in [2.45, 2.75) is 32.6 Å². The molecule has 0 unspecified atom stereocenters. The van der Waals surface area contributed by atoms with Crippen molar-refractivity contribution in [2.75, 3.05) is 23.3 Å². The number of alkyl halides is 1. The van der Waals surface area contributed by atoms with E-state index in [1.165, 1.54) is 6.42 Å². The molecule has 1 N–H and O–H groups in total. The van der Waals surface area contributed by atoms with E-state index in [1.54, 1.807) is 13.0 Å². The van der Waals surface area contributed by atoms with Gasteiger partial charge in [0.25, 0.3) is 0 Å². The molecular weight excluding hydrogens is 307 g/mol. The van der Waals surface area contributed by atoms with Gasteiger partial charge in [-0.25, -0.2) is 0 Å². The number of rotatable bonds is 3. The van der Waals surface area contributed by atoms with E-state index in [4.69, 9.17) is 23.2 Å². The molecule has 1 aromatic carbocycles. The van der Waals surface area contributed by atoms with Crippen molar-refractivity contribution in [3.63, 3.8) is 0 Å². The number of nitrogens with one attached hydrogen (secondary N) is 1. The molecule has 1 aliphatic rings. The minimum absolute atomic E-state index is 0.222. The average Bonchev–Trinajstić information content (AvgIpc) is 2.37. The number of anilines is 2. The second-order valence-corrected chi connectivity index (χ2v) is 7.18. The van der Waals surface area contributed by atoms with E-state index in [2.05, 4.69) is 24.1 Å². The predicted octanol–water partition coefficient (Wildman–Crippen LogP) is 4.39. The van der Waals surface area contributed by atoms with E-state index in [1.807, 2.05) is 12.1 Å². The Hall–Kier alpha value is -0.930. The van der Waals surface area contributed by atoms with Gasteiger partial charge >= 0.3 is 0 Å². The lowest BCUT2D eigenvalue weighted by molar-refractivity contribution is -0.115. The standard InChI is InChI=1S/C16H22Cl2N2O/c1-10-6-11(2)9-20(8-10)15-5-4-13(7-14(15)18)19-16(21)12(3)17/h4-5,7,10-12H,6,8-9H2,1-3H3,(H,19,21)/t10-,11-,12+/m1/s1. The first-order valence-electron chi connectivity index (χ1n) is 7.36. The molecule has 1 saturated heterocycles. The van der Waals surface area contributed by atoms with Crippen LogP contribution < -0.4 is 10.2 Å². The summed E-state index contributed by atoms with van der Waals surface area (Å²) in [5.41, 5.74) is 1.71. The van der Waals surface area contributed by atoms with Crippen molar-refractivity contribution in [3.8, 4) is 0 Å². The smallest absolute Gasteiger partial charge is 0.242 e. The first kappa shape index (κ1) is 16.4. The van der Waals surface area contributed by atoms with Gasteiger partial charge in [0.2, 0.25) is 5.91 Å². The summed E-state index contributed by atoms with van der Waals surface area (Å²) in [7, 11) is 0. The van der Waals surface area contributed by atoms with Crippen LogP contribution in [-0.4, -0.2) is 24.4 Å². The van der Waals surface area contributed by atoms with Crippen LogP contribution in [0, 0.1) is 11.8 Å². The number of hydrogen-bond acceptors (Lipinski definition) is 2. The summed E-state index contributed by atoms with van der Waals surface area (Å²) in [5, 5.41) is 2.86. The summed E-state index contributed by atoms with van der Waals surface area (Å²) in [4.78, 5) is 13.9. The van der Waals surface area contributed by atoms with E-state index in [-0.39, 0.29) is 5.91 Å². The highest BCUT2D eigenvalue weighted by Crippen LogP contribution is 2.33. The number of carbonyl (C=O) groups excluding carboxylic acids is 1. The van der Waals surface area contributed by atoms with Gasteiger partial charge in [0.1, 0.15) is 5.38 Å². The molecule has 0 aromatic heterocycles. The number of hydrogen-bond donors (Lipinski definition) is 1. The van der Waals surface area contributed by atoms with E-state index in [0.717, 1.165) is 18.8 Å². The molecular formula is C16H22Cl2N2O. The molecule has 0 spiro atoms. The van der Waals surface area contributed by atoms with Crippen molar-refractivity contribution in [1.82, 2.24) is 0 Å². The maximum atomic E-state index is 11.6. The molecule has 116 valence electrons. The first-order chi connectivity index (χ1) is 9.86. The number of amides is 1. The van der Waals surface area contributed by atoms with Crippen LogP contribution in [0.4, 0.5) is 11.4 Å². The Labute approximate surface area is 136 Å². The van der Waals surface area contributed by atoms with Crippen molar-refractivity contribution < 1.29 is 4.79 Å². The Bertz CT molecular complexity index is 509. The highest BCUT2D eigenvalue weighted by Gasteiger charge is 2.23. The lowest BCUT2D eigenvalue weighted by Crippen LogP contribution is -2.38. The Balaban J connectivity index is 2.13. The third kappa shape index (κ3) is 4.27. The SMILES string of the molecule is C[C@@H]1C[C@@H](C)CN(c2ccc(NC(=O)[C@H](C)Cl)cc2Cl)C1. The van der Waals surface area contributed by atoms with Gasteiger partial charge < -0.3 is 10.2 Å². The number of carbonyl (C=O) groups is 1. The highest BCUT2D eigenvalue weighted by molar-refractivity contribution is 6.34. The topological polar surface area (TPSA) is 32.3 Å². The Morgan fingerprint density at radius 2 is 1.95 bits per heavy atom. The quantitative estimate of drug-likeness (QED) is 0.834. The van der Waals surface area contributed by atoms with Gasteiger partial charge in [-0.1, -0.05) is 25.4 Å². The van der Waals surface area contributed by atoms with Crippen LogP contribution in [0.25, 0.3) is 0 Å². The summed E-state index contributed by atoms with van der Waals surface area (Å²) >= 11 is 12.1. The molecule has 1 heterocycles. The molecule has 5 heteroatoms. The molecule has 3 nitrogen and oxygen atoms in total. The van der Waals surface area contributed by atoms with Gasteiger partial charge in [0, 0.05) is 18.8 Å². The summed E-state index contributed by atoms with van der Waals surface area (Å²) in [6.45, 7) is 8.23. The van der Waals surface area contributed by atoms with Crippen LogP contribution in [0.5, 0.6) is 0 Å². The third-order valence-electron chi connectivity index (χ3n) is 3.79. The molecule has 0 aliphatic carbocycles. The minimum atomic E-state index is -0.563. The van der Waals surface area contributed by atoms with Gasteiger partial charge in [-0.15, -0.1) is 11.6 Å². The normalized spacial score (nSPS) is 23.8. The largest absolute Gasteiger partial charge is 0.370 e. The van der Waals surface area contributed by atoms with Crippen LogP contribution in [0.15, 0.2) is 18.2 Å². The van der Waals surface area contributed by atoms with E-state index in [9.17, 15) is 4.79 Å². The fourth-order valence-corrected chi connectivity index (χ4v) is 3.30. The first-order valence-corrected chi connectivity index (χ1v) is 8.17. The number of halogens is 2. The highest BCUT2D eigenvalue weighted by atomic mass is 35.5. The maximum absolute atomic E-state index is 11.6. The zero-order valence-electron chi connectivity index (χ0n) is 12.7. The molecule has 0 saturated carbocycles. The number of nitrogens with zero attached hydrogens (tertiary/aromatic N) is 1. The fraction of sp³-hybridized carbons (Fsp3) is 0.562. The lowest BCUT2D eigenvalue weighted by atomic mass is 9.91. The summed E-state index contributed by atoms with van der Waals surface area (Å²) < 4.78 is 0. The van der Waals surface area contributed by atoms with Crippen LogP contribution in [0.1, 0.15) is 27.2 Å². The molecule has 1 fully saturated rings. The van der Waals surface area contributed by atoms with Crippen molar-refractivity contribution in [1.29, 1.82) is 0 Å². The van der Waals surface area contributed by atoms with Gasteiger partial charge in [0.05, 0.1) is 10.7 Å². The number of benzene rings is 1. The van der Waals surface area contributed by atoms with Gasteiger partial charge in [-0.2, -0.15) is 0 Å². The summed E-state index contributed by atoms with van der Waals surface area (Å²) in [6.07, 6.45) is 1.26. The molecule has 2 rings (SSSR count). The van der Waals surface area contributed by atoms with Crippen LogP contribution in [0.2, 0.25) is 5.02 Å². The minimum Gasteiger partial charge on any atom is -0.370 e. The Kier molecular flexibility index (Phi) is 5.39. The second kappa shape index (κ2) is 6.89. The monoisotopic (exact) mass is 328 g/mol. The van der Waals surface area contributed by atoms with Crippen molar-refractivity contribution >= 4 is 40.5 Å². The third-order valence-corrected chi connectivity index (χ3v) is 4.29. The Morgan fingerprint density at radius 1 is 1.33 bits per heavy atom. The maximum Gasteiger partial charge on any atom is 0.242 e. The molecule has 0 bridgehead atoms. The summed E-state index contributed by atoms with van der Waals surface area (Å²) in [5.74, 6) is 1.11. The van der Waals surface area contributed by atoms with Crippen LogP contribution in [-0.2, 0) is 4.79 Å². The van der Waals surface area contributed by atoms with Crippen LogP contribution in [0.3, 0.4) is 0 Å². The van der Waals surface area contributed by atoms with Gasteiger partial charge in [-0.05, 0) is 43.4 Å². The van der Waals surface area contributed by atoms with Crippen molar-refractivity contribution in [3.05, 3.63) is 23.2 Å². The van der Waals surface area contributed by atoms with Crippen LogP contribution >= 0.6 is 23.2 Å². The molecule has 3 atom stereocenters. The lowest BCUT2D eigenvalue weighted by Gasteiger charge is -2.37. The zero-order valence-corrected chi connectivity index (χ0v) is 14.2. The Morgan fingerprint density at radius 3 is 2.48 bits per heavy atom. The predicted molar refractivity (Wildman–Crippen MR) is 90.6 cm³/mol. The zero-order chi connectivity index (χ0) is 15.6. The van der Waals surface area contributed by atoms with E-state index >= 15 is 0 Å². The van der Waals surface area contributed by atoms with Gasteiger partial charge in [0.15, 0.2) is 0 Å².